The summed E-state index contributed by atoms with van der Waals surface area (Å²) in [5, 5.41) is 6.62. The lowest BCUT2D eigenvalue weighted by molar-refractivity contribution is -0.118. The fourth-order valence-electron chi connectivity index (χ4n) is 4.08. The molecular weight excluding hydrogens is 394 g/mol. The Morgan fingerprint density at radius 3 is 2.90 bits per heavy atom. The molecule has 3 heterocycles. The first-order valence-corrected chi connectivity index (χ1v) is 10.8. The minimum absolute atomic E-state index is 0.0787. The van der Waals surface area contributed by atoms with Gasteiger partial charge in [0, 0.05) is 30.9 Å². The van der Waals surface area contributed by atoms with Crippen molar-refractivity contribution < 1.29 is 14.0 Å². The van der Waals surface area contributed by atoms with Gasteiger partial charge in [-0.15, -0.1) is 0 Å². The van der Waals surface area contributed by atoms with Gasteiger partial charge in [-0.25, -0.2) is 14.4 Å². The molecule has 2 fully saturated rings. The van der Waals surface area contributed by atoms with Crippen molar-refractivity contribution in [2.24, 2.45) is 7.05 Å². The van der Waals surface area contributed by atoms with Crippen molar-refractivity contribution in [3.05, 3.63) is 44.7 Å². The Bertz CT molecular complexity index is 1080. The number of hydrogen-bond donors (Lipinski definition) is 2. The van der Waals surface area contributed by atoms with Crippen LogP contribution in [0.15, 0.2) is 32.2 Å². The molecule has 0 bridgehead atoms. The highest BCUT2D eigenvalue weighted by Gasteiger charge is 2.42. The van der Waals surface area contributed by atoms with Crippen LogP contribution in [0.4, 0.5) is 4.79 Å². The Morgan fingerprint density at radius 2 is 2.07 bits per heavy atom. The molecule has 2 aromatic rings. The summed E-state index contributed by atoms with van der Waals surface area (Å²) in [4.78, 5) is 47.2. The van der Waals surface area contributed by atoms with Crippen molar-refractivity contribution in [2.45, 2.75) is 49.4 Å². The first-order chi connectivity index (χ1) is 13.9. The van der Waals surface area contributed by atoms with E-state index in [2.05, 4.69) is 15.1 Å². The number of rotatable bonds is 7. The fourth-order valence-corrected chi connectivity index (χ4v) is 5.62. The SMILES string of the molecule is Cn1c(=O)oc(=O)c2cc(CC(=O)CCCCC3SCC4NC(=O)NC43)ccc21. The van der Waals surface area contributed by atoms with Crippen molar-refractivity contribution in [3.63, 3.8) is 0 Å². The van der Waals surface area contributed by atoms with Crippen molar-refractivity contribution in [1.29, 1.82) is 0 Å². The quantitative estimate of drug-likeness (QED) is 0.519. The van der Waals surface area contributed by atoms with E-state index in [0.29, 0.717) is 22.6 Å². The number of unbranched alkanes of at least 4 members (excludes halogenated alkanes) is 1. The van der Waals surface area contributed by atoms with E-state index in [1.54, 1.807) is 18.2 Å². The number of fused-ring (bicyclic) bond motifs is 2. The van der Waals surface area contributed by atoms with Gasteiger partial charge in [0.05, 0.1) is 23.0 Å². The number of amides is 2. The molecule has 2 saturated heterocycles. The average molecular weight is 417 g/mol. The summed E-state index contributed by atoms with van der Waals surface area (Å²) < 4.78 is 5.95. The van der Waals surface area contributed by atoms with Crippen LogP contribution in [0.5, 0.6) is 0 Å². The van der Waals surface area contributed by atoms with Gasteiger partial charge < -0.3 is 15.1 Å². The molecule has 3 unspecified atom stereocenters. The van der Waals surface area contributed by atoms with Crippen LogP contribution in [-0.4, -0.2) is 39.5 Å². The van der Waals surface area contributed by atoms with Crippen molar-refractivity contribution in [1.82, 2.24) is 15.2 Å². The van der Waals surface area contributed by atoms with Gasteiger partial charge >= 0.3 is 17.4 Å². The van der Waals surface area contributed by atoms with Gasteiger partial charge in [-0.2, -0.15) is 11.8 Å². The lowest BCUT2D eigenvalue weighted by Crippen LogP contribution is -2.36. The zero-order chi connectivity index (χ0) is 20.5. The second kappa shape index (κ2) is 8.06. The molecular formula is C20H23N3O5S. The molecule has 0 saturated carbocycles. The maximum atomic E-state index is 12.3. The normalized spacial score (nSPS) is 23.1. The number of aryl methyl sites for hydroxylation is 1. The molecule has 3 atom stereocenters. The van der Waals surface area contributed by atoms with Crippen LogP contribution in [0.2, 0.25) is 0 Å². The number of hydrogen-bond acceptors (Lipinski definition) is 6. The number of carbonyl (C=O) groups is 2. The van der Waals surface area contributed by atoms with Crippen molar-refractivity contribution >= 4 is 34.5 Å². The molecule has 4 rings (SSSR count). The number of nitrogens with zero attached hydrogens (tertiary/aromatic N) is 1. The van der Waals surface area contributed by atoms with Crippen LogP contribution in [0.3, 0.4) is 0 Å². The Labute approximate surface area is 171 Å². The van der Waals surface area contributed by atoms with Crippen LogP contribution < -0.4 is 22.0 Å². The second-order valence-electron chi connectivity index (χ2n) is 7.65. The van der Waals surface area contributed by atoms with E-state index in [4.69, 9.17) is 0 Å². The summed E-state index contributed by atoms with van der Waals surface area (Å²) in [6.45, 7) is 0. The largest absolute Gasteiger partial charge is 0.422 e. The fraction of sp³-hybridized carbons (Fsp3) is 0.500. The number of Topliss-reactive ketones (excluding diaryl/α,β-unsaturated/α-hetero) is 1. The van der Waals surface area contributed by atoms with E-state index < -0.39 is 11.4 Å². The van der Waals surface area contributed by atoms with E-state index in [-0.39, 0.29) is 30.3 Å². The molecule has 2 aliphatic rings. The lowest BCUT2D eigenvalue weighted by Gasteiger charge is -2.16. The number of aromatic nitrogens is 1. The van der Waals surface area contributed by atoms with Crippen LogP contribution in [0, 0.1) is 0 Å². The first-order valence-electron chi connectivity index (χ1n) is 9.75. The highest BCUT2D eigenvalue weighted by atomic mass is 32.2. The van der Waals surface area contributed by atoms with E-state index in [1.807, 2.05) is 11.8 Å². The number of carbonyl (C=O) groups excluding carboxylic acids is 2. The molecule has 0 radical (unpaired) electrons. The third-order valence-electron chi connectivity index (χ3n) is 5.63. The molecule has 2 aliphatic heterocycles. The zero-order valence-corrected chi connectivity index (χ0v) is 16.9. The van der Waals surface area contributed by atoms with Crippen molar-refractivity contribution in [3.8, 4) is 0 Å². The smallest absolute Gasteiger partial charge is 0.372 e. The maximum absolute atomic E-state index is 12.3. The van der Waals surface area contributed by atoms with Gasteiger partial charge in [-0.05, 0) is 30.5 Å². The van der Waals surface area contributed by atoms with E-state index in [0.717, 1.165) is 30.6 Å². The highest BCUT2D eigenvalue weighted by molar-refractivity contribution is 8.00. The van der Waals surface area contributed by atoms with Gasteiger partial charge in [0.25, 0.3) is 0 Å². The zero-order valence-electron chi connectivity index (χ0n) is 16.1. The summed E-state index contributed by atoms with van der Waals surface area (Å²) in [6, 6.07) is 5.42. The van der Waals surface area contributed by atoms with Gasteiger partial charge in [0.15, 0.2) is 0 Å². The van der Waals surface area contributed by atoms with Crippen LogP contribution in [-0.2, 0) is 18.3 Å². The third-order valence-corrected chi connectivity index (χ3v) is 7.14. The summed E-state index contributed by atoms with van der Waals surface area (Å²) in [6.07, 6.45) is 3.45. The van der Waals surface area contributed by atoms with E-state index >= 15 is 0 Å². The minimum atomic E-state index is -0.703. The predicted molar refractivity (Wildman–Crippen MR) is 110 cm³/mol. The Morgan fingerprint density at radius 1 is 1.24 bits per heavy atom. The highest BCUT2D eigenvalue weighted by Crippen LogP contribution is 2.33. The van der Waals surface area contributed by atoms with Crippen LogP contribution in [0.1, 0.15) is 31.2 Å². The van der Waals surface area contributed by atoms with Gasteiger partial charge in [0.2, 0.25) is 0 Å². The lowest BCUT2D eigenvalue weighted by atomic mass is 10.00. The summed E-state index contributed by atoms with van der Waals surface area (Å²) in [5.74, 6) is 0.353. The molecule has 8 nitrogen and oxygen atoms in total. The summed E-state index contributed by atoms with van der Waals surface area (Å²) >= 11 is 1.88. The molecule has 0 aliphatic carbocycles. The van der Waals surface area contributed by atoms with Crippen LogP contribution >= 0.6 is 11.8 Å². The number of urea groups is 1. The molecule has 154 valence electrons. The number of ketones is 1. The Kier molecular flexibility index (Phi) is 5.49. The number of nitrogens with one attached hydrogen (secondary N) is 2. The first kappa shape index (κ1) is 19.8. The third kappa shape index (κ3) is 4.10. The molecule has 0 spiro atoms. The molecule has 2 N–H and O–H groups in total. The Hall–Kier alpha value is -2.55. The molecule has 1 aromatic carbocycles. The average Bonchev–Trinajstić information content (AvgIpc) is 3.23. The minimum Gasteiger partial charge on any atom is -0.372 e. The Balaban J connectivity index is 1.28. The van der Waals surface area contributed by atoms with Gasteiger partial charge in [-0.3, -0.25) is 9.36 Å². The van der Waals surface area contributed by atoms with Crippen LogP contribution in [0.25, 0.3) is 10.9 Å². The molecule has 2 amide bonds. The standard InChI is InChI=1S/C20H23N3O5S/c1-23-15-7-6-11(9-13(15)18(25)28-20(23)27)8-12(24)4-2-3-5-16-17-14(10-29-16)21-19(26)22-17/h6-7,9,14,16-17H,2-5,8,10H2,1H3,(H2,21,22,26). The second-order valence-corrected chi connectivity index (χ2v) is 8.92. The molecule has 29 heavy (non-hydrogen) atoms. The van der Waals surface area contributed by atoms with E-state index in [9.17, 15) is 19.2 Å². The van der Waals surface area contributed by atoms with Gasteiger partial charge in [0.1, 0.15) is 5.78 Å². The monoisotopic (exact) mass is 417 g/mol. The maximum Gasteiger partial charge on any atom is 0.422 e. The van der Waals surface area contributed by atoms with E-state index in [1.165, 1.54) is 11.6 Å². The predicted octanol–water partition coefficient (Wildman–Crippen LogP) is 1.33. The summed E-state index contributed by atoms with van der Waals surface area (Å²) in [7, 11) is 1.54. The number of benzene rings is 1. The van der Waals surface area contributed by atoms with Gasteiger partial charge in [-0.1, -0.05) is 12.5 Å². The van der Waals surface area contributed by atoms with Crippen molar-refractivity contribution in [2.75, 3.05) is 5.75 Å². The summed E-state index contributed by atoms with van der Waals surface area (Å²) in [5.41, 5.74) is 0.545. The molecule has 9 heteroatoms. The topological polar surface area (TPSA) is 110 Å². The molecule has 1 aromatic heterocycles. The number of thioether (sulfide) groups is 1.